The Balaban J connectivity index is 1.44. The van der Waals surface area contributed by atoms with Gasteiger partial charge in [-0.3, -0.25) is 9.59 Å². The smallest absolute Gasteiger partial charge is 0.262 e. The van der Waals surface area contributed by atoms with Crippen molar-refractivity contribution in [1.29, 1.82) is 0 Å². The van der Waals surface area contributed by atoms with Crippen LogP contribution in [0.3, 0.4) is 0 Å². The monoisotopic (exact) mass is 444 g/mol. The van der Waals surface area contributed by atoms with Crippen LogP contribution in [0.4, 0.5) is 5.69 Å². The van der Waals surface area contributed by atoms with Gasteiger partial charge < -0.3 is 19.8 Å². The molecule has 2 aliphatic rings. The normalized spacial score (nSPS) is 19.6. The van der Waals surface area contributed by atoms with E-state index in [2.05, 4.69) is 0 Å². The summed E-state index contributed by atoms with van der Waals surface area (Å²) in [6.07, 6.45) is 1.31. The number of hydrogen-bond donors (Lipinski definition) is 1. The van der Waals surface area contributed by atoms with Gasteiger partial charge in [0.25, 0.3) is 11.8 Å². The maximum absolute atomic E-state index is 13.5. The van der Waals surface area contributed by atoms with Crippen molar-refractivity contribution in [3.8, 4) is 5.75 Å². The lowest BCUT2D eigenvalue weighted by atomic mass is 10.0. The molecule has 0 radical (unpaired) electrons. The van der Waals surface area contributed by atoms with Crippen molar-refractivity contribution in [1.82, 2.24) is 5.01 Å². The van der Waals surface area contributed by atoms with E-state index < -0.39 is 12.0 Å². The second-order valence-corrected chi connectivity index (χ2v) is 8.24. The van der Waals surface area contributed by atoms with Crippen LogP contribution in [0.5, 0.6) is 5.75 Å². The van der Waals surface area contributed by atoms with Gasteiger partial charge >= 0.3 is 0 Å². The first-order valence-corrected chi connectivity index (χ1v) is 10.8. The Morgan fingerprint density at radius 1 is 1.09 bits per heavy atom. The molecular weight excluding hydrogens is 420 g/mol. The molecule has 2 N–H and O–H groups in total. The SMILES string of the molecule is Cc1ccc(C2=NN(C(=O)CN3CC(C(N)=O)Oc4ccccc43)C(c3ccco3)C2)cc1. The van der Waals surface area contributed by atoms with Crippen molar-refractivity contribution in [3.63, 3.8) is 0 Å². The molecule has 3 heterocycles. The Morgan fingerprint density at radius 3 is 2.61 bits per heavy atom. The number of benzene rings is 2. The summed E-state index contributed by atoms with van der Waals surface area (Å²) in [5.74, 6) is 0.412. The summed E-state index contributed by atoms with van der Waals surface area (Å²) in [7, 11) is 0. The lowest BCUT2D eigenvalue weighted by Crippen LogP contribution is -2.50. The predicted molar refractivity (Wildman–Crippen MR) is 123 cm³/mol. The molecule has 8 nitrogen and oxygen atoms in total. The number of nitrogens with two attached hydrogens (primary N) is 1. The van der Waals surface area contributed by atoms with Crippen LogP contribution in [0.25, 0.3) is 0 Å². The van der Waals surface area contributed by atoms with Crippen LogP contribution in [-0.2, 0) is 9.59 Å². The molecule has 0 bridgehead atoms. The van der Waals surface area contributed by atoms with Crippen LogP contribution in [0.2, 0.25) is 0 Å². The van der Waals surface area contributed by atoms with E-state index in [0.29, 0.717) is 17.9 Å². The van der Waals surface area contributed by atoms with E-state index in [-0.39, 0.29) is 25.0 Å². The Morgan fingerprint density at radius 2 is 1.88 bits per heavy atom. The molecule has 2 aliphatic heterocycles. The Hall–Kier alpha value is -4.07. The molecule has 2 atom stereocenters. The highest BCUT2D eigenvalue weighted by atomic mass is 16.5. The fourth-order valence-corrected chi connectivity index (χ4v) is 4.20. The zero-order valence-electron chi connectivity index (χ0n) is 18.2. The zero-order chi connectivity index (χ0) is 22.9. The van der Waals surface area contributed by atoms with E-state index in [1.165, 1.54) is 5.01 Å². The summed E-state index contributed by atoms with van der Waals surface area (Å²) in [4.78, 5) is 27.2. The minimum atomic E-state index is -0.834. The number of hydrogen-bond acceptors (Lipinski definition) is 6. The van der Waals surface area contributed by atoms with Crippen molar-refractivity contribution in [2.45, 2.75) is 25.5 Å². The maximum atomic E-state index is 13.5. The first kappa shape index (κ1) is 20.8. The molecular formula is C25H24N4O4. The number of nitrogens with zero attached hydrogens (tertiary/aromatic N) is 3. The van der Waals surface area contributed by atoms with Crippen LogP contribution in [0.1, 0.15) is 29.3 Å². The van der Waals surface area contributed by atoms with E-state index >= 15 is 0 Å². The summed E-state index contributed by atoms with van der Waals surface area (Å²) in [6, 6.07) is 18.7. The molecule has 1 aromatic heterocycles. The number of fused-ring (bicyclic) bond motifs is 1. The fraction of sp³-hybridized carbons (Fsp3) is 0.240. The molecule has 0 saturated carbocycles. The Kier molecular flexibility index (Phi) is 5.34. The predicted octanol–water partition coefficient (Wildman–Crippen LogP) is 3.02. The van der Waals surface area contributed by atoms with E-state index in [9.17, 15) is 9.59 Å². The Bertz CT molecular complexity index is 1200. The second kappa shape index (κ2) is 8.46. The molecule has 0 fully saturated rings. The van der Waals surface area contributed by atoms with Gasteiger partial charge in [-0.15, -0.1) is 0 Å². The largest absolute Gasteiger partial charge is 0.477 e. The summed E-state index contributed by atoms with van der Waals surface area (Å²) in [6.45, 7) is 2.24. The summed E-state index contributed by atoms with van der Waals surface area (Å²) in [5.41, 5.74) is 9.18. The van der Waals surface area contributed by atoms with Crippen LogP contribution in [0.15, 0.2) is 76.4 Å². The first-order valence-electron chi connectivity index (χ1n) is 10.8. The van der Waals surface area contributed by atoms with Crippen LogP contribution < -0.4 is 15.4 Å². The summed E-state index contributed by atoms with van der Waals surface area (Å²) < 4.78 is 11.3. The van der Waals surface area contributed by atoms with Gasteiger partial charge in [0.1, 0.15) is 17.6 Å². The number of para-hydroxylation sites is 2. The standard InChI is InChI=1S/C25H24N4O4/c1-16-8-10-17(11-9-16)18-13-20(21-7-4-12-32-21)29(27-18)24(30)15-28-14-23(25(26)31)33-22-6-3-2-5-19(22)28/h2-12,20,23H,13-15H2,1H3,(H2,26,31). The van der Waals surface area contributed by atoms with Crippen molar-refractivity contribution >= 4 is 23.2 Å². The minimum Gasteiger partial charge on any atom is -0.477 e. The third-order valence-corrected chi connectivity index (χ3v) is 5.93. The van der Waals surface area contributed by atoms with Crippen molar-refractivity contribution in [3.05, 3.63) is 83.8 Å². The van der Waals surface area contributed by atoms with E-state index in [1.807, 2.05) is 60.4 Å². The lowest BCUT2D eigenvalue weighted by molar-refractivity contribution is -0.132. The van der Waals surface area contributed by atoms with Crippen molar-refractivity contribution in [2.75, 3.05) is 18.0 Å². The van der Waals surface area contributed by atoms with Gasteiger partial charge in [-0.05, 0) is 36.8 Å². The fourth-order valence-electron chi connectivity index (χ4n) is 4.20. The lowest BCUT2D eigenvalue weighted by Gasteiger charge is -2.35. The van der Waals surface area contributed by atoms with Crippen LogP contribution in [-0.4, -0.2) is 41.7 Å². The van der Waals surface area contributed by atoms with Gasteiger partial charge in [-0.25, -0.2) is 5.01 Å². The van der Waals surface area contributed by atoms with E-state index in [0.717, 1.165) is 22.5 Å². The van der Waals surface area contributed by atoms with E-state index in [1.54, 1.807) is 18.4 Å². The number of hydrazone groups is 1. The maximum Gasteiger partial charge on any atom is 0.262 e. The topological polar surface area (TPSA) is 101 Å². The molecule has 0 aliphatic carbocycles. The molecule has 168 valence electrons. The highest BCUT2D eigenvalue weighted by Gasteiger charge is 2.37. The Labute approximate surface area is 191 Å². The van der Waals surface area contributed by atoms with Crippen LogP contribution in [0, 0.1) is 6.92 Å². The number of rotatable bonds is 5. The average Bonchev–Trinajstić information content (AvgIpc) is 3.49. The first-order chi connectivity index (χ1) is 16.0. The molecule has 8 heteroatoms. The van der Waals surface area contributed by atoms with Gasteiger partial charge in [0.05, 0.1) is 30.8 Å². The van der Waals surface area contributed by atoms with Crippen molar-refractivity contribution in [2.24, 2.45) is 10.8 Å². The third kappa shape index (κ3) is 4.07. The molecule has 0 spiro atoms. The minimum absolute atomic E-state index is 0.0199. The molecule has 3 aromatic rings. The van der Waals surface area contributed by atoms with E-state index in [4.69, 9.17) is 20.0 Å². The third-order valence-electron chi connectivity index (χ3n) is 5.93. The number of anilines is 1. The van der Waals surface area contributed by atoms with Crippen LogP contribution >= 0.6 is 0 Å². The molecule has 5 rings (SSSR count). The second-order valence-electron chi connectivity index (χ2n) is 8.24. The molecule has 2 unspecified atom stereocenters. The zero-order valence-corrected chi connectivity index (χ0v) is 18.2. The number of primary amides is 1. The quantitative estimate of drug-likeness (QED) is 0.652. The van der Waals surface area contributed by atoms with Crippen molar-refractivity contribution < 1.29 is 18.7 Å². The highest BCUT2D eigenvalue weighted by Crippen LogP contribution is 2.36. The van der Waals surface area contributed by atoms with Gasteiger partial charge in [-0.1, -0.05) is 42.0 Å². The summed E-state index contributed by atoms with van der Waals surface area (Å²) in [5, 5.41) is 6.18. The number of carbonyl (C=O) groups is 2. The average molecular weight is 444 g/mol. The number of ether oxygens (including phenoxy) is 1. The van der Waals surface area contributed by atoms with Gasteiger partial charge in [0.2, 0.25) is 0 Å². The highest BCUT2D eigenvalue weighted by molar-refractivity contribution is 6.03. The van der Waals surface area contributed by atoms with Gasteiger partial charge in [-0.2, -0.15) is 5.10 Å². The van der Waals surface area contributed by atoms with Gasteiger partial charge in [0, 0.05) is 6.42 Å². The molecule has 0 saturated heterocycles. The number of amides is 2. The number of furan rings is 1. The van der Waals surface area contributed by atoms with Gasteiger partial charge in [0.15, 0.2) is 6.10 Å². The molecule has 2 amide bonds. The number of aryl methyl sites for hydroxylation is 1. The number of carbonyl (C=O) groups excluding carboxylic acids is 2. The summed E-state index contributed by atoms with van der Waals surface area (Å²) >= 11 is 0. The molecule has 2 aromatic carbocycles. The molecule has 33 heavy (non-hydrogen) atoms.